The second-order valence-corrected chi connectivity index (χ2v) is 13.1. The number of para-hydroxylation sites is 2. The highest BCUT2D eigenvalue weighted by Crippen LogP contribution is 2.50. The molecule has 254 valence electrons. The number of carbonyl (C=O) groups excluding carboxylic acids is 2. The summed E-state index contributed by atoms with van der Waals surface area (Å²) in [7, 11) is 0. The summed E-state index contributed by atoms with van der Waals surface area (Å²) in [6.45, 7) is 3.97. The lowest BCUT2D eigenvalue weighted by Gasteiger charge is -2.39. The highest BCUT2D eigenvalue weighted by molar-refractivity contribution is 5.99. The Morgan fingerprint density at radius 2 is 1.47 bits per heavy atom. The van der Waals surface area contributed by atoms with Crippen LogP contribution in [-0.2, 0) is 23.3 Å². The molecule has 3 heterocycles. The number of unbranched alkanes of at least 4 members (excludes halogenated alkanes) is 1. The molecule has 49 heavy (non-hydrogen) atoms. The molecule has 0 radical (unpaired) electrons. The van der Waals surface area contributed by atoms with Crippen molar-refractivity contribution in [2.75, 3.05) is 44.2 Å². The van der Waals surface area contributed by atoms with E-state index in [1.807, 2.05) is 41.3 Å². The Labute approximate surface area is 284 Å². The number of anilines is 1. The average molecular weight is 669 g/mol. The van der Waals surface area contributed by atoms with E-state index in [2.05, 4.69) is 27.2 Å². The molecular formula is C39H39F3N4O3. The molecule has 1 N–H and O–H groups in total. The third-order valence-electron chi connectivity index (χ3n) is 9.95. The first-order valence-electron chi connectivity index (χ1n) is 16.9. The third-order valence-corrected chi connectivity index (χ3v) is 9.95. The summed E-state index contributed by atoms with van der Waals surface area (Å²) in [6, 6.07) is 30.5. The number of benzene rings is 4. The van der Waals surface area contributed by atoms with Crippen molar-refractivity contribution in [1.29, 1.82) is 0 Å². The predicted molar refractivity (Wildman–Crippen MR) is 182 cm³/mol. The van der Waals surface area contributed by atoms with Gasteiger partial charge in [-0.1, -0.05) is 79.2 Å². The van der Waals surface area contributed by atoms with Gasteiger partial charge in [0.15, 0.2) is 0 Å². The smallest absolute Gasteiger partial charge is 0.405 e. The van der Waals surface area contributed by atoms with Crippen LogP contribution in [0.1, 0.15) is 51.9 Å². The molecule has 7 nitrogen and oxygen atoms in total. The molecule has 0 bridgehead atoms. The molecule has 0 atom stereocenters. The zero-order valence-corrected chi connectivity index (χ0v) is 27.2. The first-order chi connectivity index (χ1) is 23.7. The van der Waals surface area contributed by atoms with Gasteiger partial charge in [0.05, 0.1) is 0 Å². The third kappa shape index (κ3) is 6.74. The van der Waals surface area contributed by atoms with Crippen LogP contribution in [0.3, 0.4) is 0 Å². The van der Waals surface area contributed by atoms with Crippen molar-refractivity contribution in [2.45, 2.75) is 43.9 Å². The lowest BCUT2D eigenvalue weighted by atomic mass is 9.68. The Morgan fingerprint density at radius 1 is 0.816 bits per heavy atom. The number of hydrogen-bond donors (Lipinski definition) is 1. The molecule has 0 aliphatic carbocycles. The van der Waals surface area contributed by atoms with Crippen LogP contribution in [-0.4, -0.2) is 67.1 Å². The Kier molecular flexibility index (Phi) is 9.07. The summed E-state index contributed by atoms with van der Waals surface area (Å²) in [5, 5.41) is 2.20. The Hall–Kier alpha value is -4.83. The number of hydrogen-bond acceptors (Lipinski definition) is 5. The summed E-state index contributed by atoms with van der Waals surface area (Å²) in [5.74, 6) is 0.366. The van der Waals surface area contributed by atoms with Crippen LogP contribution in [0.5, 0.6) is 11.5 Å². The van der Waals surface area contributed by atoms with Gasteiger partial charge in [0, 0.05) is 61.6 Å². The number of amides is 2. The monoisotopic (exact) mass is 668 g/mol. The first kappa shape index (κ1) is 32.7. The molecule has 7 rings (SSSR count). The van der Waals surface area contributed by atoms with Crippen LogP contribution in [0.25, 0.3) is 0 Å². The normalized spacial score (nSPS) is 16.8. The maximum atomic E-state index is 13.8. The van der Waals surface area contributed by atoms with Gasteiger partial charge in [0.25, 0.3) is 5.91 Å². The maximum absolute atomic E-state index is 13.8. The molecule has 0 spiro atoms. The lowest BCUT2D eigenvalue weighted by Crippen LogP contribution is -2.49. The van der Waals surface area contributed by atoms with E-state index in [0.29, 0.717) is 48.6 Å². The minimum Gasteiger partial charge on any atom is -0.457 e. The maximum Gasteiger partial charge on any atom is 0.405 e. The van der Waals surface area contributed by atoms with Crippen LogP contribution < -0.4 is 15.0 Å². The number of halogens is 3. The highest BCUT2D eigenvalue weighted by Gasteiger charge is 2.48. The zero-order valence-electron chi connectivity index (χ0n) is 27.2. The number of carbonyl (C=O) groups is 2. The van der Waals surface area contributed by atoms with Gasteiger partial charge in [-0.15, -0.1) is 0 Å². The van der Waals surface area contributed by atoms with Crippen LogP contribution >= 0.6 is 0 Å². The predicted octanol–water partition coefficient (Wildman–Crippen LogP) is 6.91. The van der Waals surface area contributed by atoms with Crippen molar-refractivity contribution in [3.05, 3.63) is 125 Å². The number of nitrogens with one attached hydrogen (secondary N) is 1. The summed E-state index contributed by atoms with van der Waals surface area (Å²) in [5.41, 5.74) is 3.86. The lowest BCUT2D eigenvalue weighted by molar-refractivity contribution is -0.141. The molecule has 2 amide bonds. The zero-order chi connectivity index (χ0) is 34.0. The van der Waals surface area contributed by atoms with E-state index in [0.717, 1.165) is 61.5 Å². The SMILES string of the molecule is O=C1c2cc(N3CCN(CCCCC4(C(=O)NCC(F)(F)F)c5ccccc5Oc5ccccc54)CC3)ccc2CN1Cc1ccccc1. The van der Waals surface area contributed by atoms with E-state index in [1.54, 1.807) is 48.5 Å². The van der Waals surface area contributed by atoms with E-state index in [1.165, 1.54) is 0 Å². The van der Waals surface area contributed by atoms with Gasteiger partial charge in [0.2, 0.25) is 5.91 Å². The van der Waals surface area contributed by atoms with Crippen molar-refractivity contribution in [2.24, 2.45) is 0 Å². The van der Waals surface area contributed by atoms with Gasteiger partial charge in [0.1, 0.15) is 23.5 Å². The second-order valence-electron chi connectivity index (χ2n) is 13.1. The van der Waals surface area contributed by atoms with E-state index in [9.17, 15) is 22.8 Å². The molecule has 0 saturated carbocycles. The summed E-state index contributed by atoms with van der Waals surface area (Å²) in [4.78, 5) is 33.7. The van der Waals surface area contributed by atoms with Crippen LogP contribution in [0.2, 0.25) is 0 Å². The topological polar surface area (TPSA) is 65.1 Å². The van der Waals surface area contributed by atoms with E-state index in [-0.39, 0.29) is 5.91 Å². The van der Waals surface area contributed by atoms with E-state index >= 15 is 0 Å². The first-order valence-corrected chi connectivity index (χ1v) is 16.9. The van der Waals surface area contributed by atoms with Crippen LogP contribution in [0.15, 0.2) is 97.1 Å². The number of rotatable bonds is 10. The van der Waals surface area contributed by atoms with Gasteiger partial charge >= 0.3 is 6.18 Å². The number of fused-ring (bicyclic) bond motifs is 3. The Balaban J connectivity index is 0.977. The largest absolute Gasteiger partial charge is 0.457 e. The molecule has 0 aromatic heterocycles. The Bertz CT molecular complexity index is 1780. The molecule has 10 heteroatoms. The summed E-state index contributed by atoms with van der Waals surface area (Å²) >= 11 is 0. The molecule has 0 unspecified atom stereocenters. The highest BCUT2D eigenvalue weighted by atomic mass is 19.4. The summed E-state index contributed by atoms with van der Waals surface area (Å²) < 4.78 is 45.8. The standard InChI is InChI=1S/C39H39F3N4O3/c40-39(41,42)27-43-37(48)38(32-12-4-6-14-34(32)49-35-15-7-5-13-33(35)38)18-8-9-19-44-20-22-45(23-21-44)30-17-16-29-26-46(36(47)31(29)24-30)25-28-10-2-1-3-11-28/h1-7,10-17,24H,8-9,18-23,25-27H2,(H,43,48). The number of nitrogens with zero attached hydrogens (tertiary/aromatic N) is 3. The van der Waals surface area contributed by atoms with Gasteiger partial charge in [-0.2, -0.15) is 13.2 Å². The van der Waals surface area contributed by atoms with Gasteiger partial charge in [-0.05, 0) is 54.8 Å². The number of alkyl halides is 3. The fourth-order valence-corrected chi connectivity index (χ4v) is 7.47. The minimum atomic E-state index is -4.53. The fraction of sp³-hybridized carbons (Fsp3) is 0.333. The van der Waals surface area contributed by atoms with Crippen LogP contribution in [0, 0.1) is 0 Å². The number of ether oxygens (including phenoxy) is 1. The minimum absolute atomic E-state index is 0.0685. The molecule has 3 aliphatic heterocycles. The molecule has 4 aromatic rings. The van der Waals surface area contributed by atoms with Crippen molar-refractivity contribution in [1.82, 2.24) is 15.1 Å². The molecule has 3 aliphatic rings. The van der Waals surface area contributed by atoms with Crippen molar-refractivity contribution < 1.29 is 27.5 Å². The molecule has 4 aromatic carbocycles. The van der Waals surface area contributed by atoms with E-state index in [4.69, 9.17) is 4.74 Å². The second kappa shape index (κ2) is 13.6. The van der Waals surface area contributed by atoms with Gasteiger partial charge in [-0.3, -0.25) is 14.5 Å². The number of piperazine rings is 1. The quantitative estimate of drug-likeness (QED) is 0.186. The van der Waals surface area contributed by atoms with Crippen LogP contribution in [0.4, 0.5) is 18.9 Å². The Morgan fingerprint density at radius 3 is 2.14 bits per heavy atom. The molecule has 1 saturated heterocycles. The average Bonchev–Trinajstić information content (AvgIpc) is 3.42. The van der Waals surface area contributed by atoms with E-state index < -0.39 is 24.0 Å². The van der Waals surface area contributed by atoms with Crippen molar-refractivity contribution >= 4 is 17.5 Å². The fourth-order valence-electron chi connectivity index (χ4n) is 7.47. The van der Waals surface area contributed by atoms with Crippen molar-refractivity contribution in [3.8, 4) is 11.5 Å². The molecule has 1 fully saturated rings. The summed E-state index contributed by atoms with van der Waals surface area (Å²) in [6.07, 6.45) is -2.77. The van der Waals surface area contributed by atoms with Gasteiger partial charge in [-0.25, -0.2) is 0 Å². The van der Waals surface area contributed by atoms with Crippen molar-refractivity contribution in [3.63, 3.8) is 0 Å². The molecular weight excluding hydrogens is 629 g/mol. The van der Waals surface area contributed by atoms with Gasteiger partial charge < -0.3 is 19.9 Å².